The van der Waals surface area contributed by atoms with E-state index < -0.39 is 91.3 Å². The first-order valence-corrected chi connectivity index (χ1v) is 32.7. The van der Waals surface area contributed by atoms with Gasteiger partial charge in [-0.2, -0.15) is 52.7 Å². The third-order valence-corrected chi connectivity index (χ3v) is 17.6. The van der Waals surface area contributed by atoms with Crippen LogP contribution in [0.3, 0.4) is 0 Å². The molecule has 0 unspecified atom stereocenters. The second kappa shape index (κ2) is 43.2. The summed E-state index contributed by atoms with van der Waals surface area (Å²) in [5.41, 5.74) is -5.52. The summed E-state index contributed by atoms with van der Waals surface area (Å²) < 4.78 is 175. The highest BCUT2D eigenvalue weighted by Crippen LogP contribution is 2.42. The van der Waals surface area contributed by atoms with Gasteiger partial charge in [-0.1, -0.05) is 194 Å². The van der Waals surface area contributed by atoms with Crippen molar-refractivity contribution in [3.8, 4) is 0 Å². The van der Waals surface area contributed by atoms with E-state index in [1.165, 1.54) is 0 Å². The summed E-state index contributed by atoms with van der Waals surface area (Å²) >= 11 is -0.880. The summed E-state index contributed by atoms with van der Waals surface area (Å²) in [4.78, 5) is 49.5. The third-order valence-electron chi connectivity index (χ3n) is 13.9. The van der Waals surface area contributed by atoms with E-state index in [9.17, 15) is 71.9 Å². The van der Waals surface area contributed by atoms with Gasteiger partial charge in [0.15, 0.2) is 22.4 Å². The van der Waals surface area contributed by atoms with Crippen LogP contribution in [-0.4, -0.2) is 95.1 Å². The minimum atomic E-state index is -4.42. The van der Waals surface area contributed by atoms with Crippen molar-refractivity contribution in [2.45, 2.75) is 44.4 Å². The van der Waals surface area contributed by atoms with Gasteiger partial charge >= 0.3 is 45.9 Å². The predicted molar refractivity (Wildman–Crippen MR) is 345 cm³/mol. The second-order valence-corrected chi connectivity index (χ2v) is 24.6. The quantitative estimate of drug-likeness (QED) is 0.0378. The lowest BCUT2D eigenvalue weighted by molar-refractivity contribution is -0.398. The van der Waals surface area contributed by atoms with Crippen LogP contribution in [0.25, 0.3) is 0 Å². The molecule has 0 aliphatic heterocycles. The first kappa shape index (κ1) is 91.2. The van der Waals surface area contributed by atoms with Crippen molar-refractivity contribution >= 4 is 70.9 Å². The maximum absolute atomic E-state index is 12.7. The number of carbonyl (C=O) groups is 4. The number of halogens is 16. The molecule has 0 aromatic heterocycles. The number of esters is 4. The van der Waals surface area contributed by atoms with E-state index in [1.54, 1.807) is 243 Å². The summed E-state index contributed by atoms with van der Waals surface area (Å²) in [7, 11) is 0. The van der Waals surface area contributed by atoms with Crippen molar-refractivity contribution in [1.82, 2.24) is 0 Å². The fourth-order valence-corrected chi connectivity index (χ4v) is 11.8. The zero-order valence-electron chi connectivity index (χ0n) is 52.5. The molecule has 544 valence electrons. The normalized spacial score (nSPS) is 13.4. The fraction of sp³-hybridized carbons (Fsp3) is 0.235. The molecule has 0 spiro atoms. The SMILES string of the molecule is [Cl-].[Cl-].[Cl-].[Cl-].[NH3+]C[C@](CSC(F)(F)F)(OC(=O)c1ccccc1)c1ccccc1.[NH3+]C[C@](CSC(F)(F)F)(OC(=O)c1ccccc1)c1ccccc1.[NH3+]C[C@](CSC(F)(F)F)(OC(=O)c1ccccc1)c1ccccc1.[NH3+]C[C@](CSC(F)(F)F)(OC(=O)c1ccccc1)c1ccccc1. The van der Waals surface area contributed by atoms with E-state index >= 15 is 0 Å². The monoisotopic (exact) mass is 1560 g/mol. The molecule has 0 bridgehead atoms. The molecular weight excluding hydrogens is 1500 g/mol. The highest BCUT2D eigenvalue weighted by atomic mass is 35.5. The Labute approximate surface area is 611 Å². The Kier molecular flexibility index (Phi) is 39.4. The van der Waals surface area contributed by atoms with Crippen LogP contribution in [0.5, 0.6) is 0 Å². The van der Waals surface area contributed by atoms with Crippen LogP contribution < -0.4 is 72.6 Å². The van der Waals surface area contributed by atoms with Crippen LogP contribution in [-0.2, 0) is 41.4 Å². The summed E-state index contributed by atoms with van der Waals surface area (Å²) in [6.45, 7) is -0.0608. The molecule has 100 heavy (non-hydrogen) atoms. The molecule has 0 saturated heterocycles. The van der Waals surface area contributed by atoms with Gasteiger partial charge in [0.1, 0.15) is 26.2 Å². The van der Waals surface area contributed by atoms with Gasteiger partial charge in [0.25, 0.3) is 0 Å². The number of thioether (sulfide) groups is 4. The first-order valence-electron chi connectivity index (χ1n) is 28.8. The Balaban J connectivity index is 0.000000658. The molecule has 8 aromatic rings. The number of ether oxygens (including phenoxy) is 4. The van der Waals surface area contributed by atoms with Crippen molar-refractivity contribution in [3.05, 3.63) is 287 Å². The Hall–Kier alpha value is -6.80. The summed E-state index contributed by atoms with van der Waals surface area (Å²) in [5, 5.41) is 0. The minimum absolute atomic E-state index is 0. The maximum Gasteiger partial charge on any atom is 0.442 e. The molecule has 32 heteroatoms. The van der Waals surface area contributed by atoms with Crippen LogP contribution >= 0.6 is 47.0 Å². The van der Waals surface area contributed by atoms with E-state index in [1.807, 2.05) is 0 Å². The lowest BCUT2D eigenvalue weighted by Crippen LogP contribution is -3.00. The van der Waals surface area contributed by atoms with Gasteiger partial charge in [-0.15, -0.1) is 0 Å². The van der Waals surface area contributed by atoms with Gasteiger partial charge in [0, 0.05) is 22.3 Å². The number of hydrogen-bond acceptors (Lipinski definition) is 12. The summed E-state index contributed by atoms with van der Waals surface area (Å²) in [6, 6.07) is 66.3. The van der Waals surface area contributed by atoms with E-state index in [4.69, 9.17) is 18.9 Å². The van der Waals surface area contributed by atoms with Gasteiger partial charge < -0.3 is 91.5 Å². The summed E-state index contributed by atoms with van der Waals surface area (Å²) in [6.07, 6.45) is 0. The van der Waals surface area contributed by atoms with Gasteiger partial charge in [-0.3, -0.25) is 0 Å². The fourth-order valence-electron chi connectivity index (χ4n) is 8.76. The van der Waals surface area contributed by atoms with E-state index in [0.717, 1.165) is 0 Å². The van der Waals surface area contributed by atoms with E-state index in [2.05, 4.69) is 22.9 Å². The molecule has 4 atom stereocenters. The maximum atomic E-state index is 12.7. The molecule has 0 amide bonds. The van der Waals surface area contributed by atoms with E-state index in [0.29, 0.717) is 22.3 Å². The predicted octanol–water partition coefficient (Wildman–Crippen LogP) is 0.951. The molecule has 0 heterocycles. The molecule has 0 radical (unpaired) electrons. The molecule has 0 aliphatic carbocycles. The molecule has 12 N–H and O–H groups in total. The molecule has 0 fully saturated rings. The van der Waals surface area contributed by atoms with Gasteiger partial charge in [0.2, 0.25) is 0 Å². The van der Waals surface area contributed by atoms with E-state index in [-0.39, 0.29) is 145 Å². The number of rotatable bonds is 24. The number of alkyl halides is 12. The van der Waals surface area contributed by atoms with Crippen LogP contribution in [0.1, 0.15) is 63.7 Å². The summed E-state index contributed by atoms with van der Waals surface area (Å²) in [5.74, 6) is -4.52. The van der Waals surface area contributed by atoms with Crippen molar-refractivity contribution in [1.29, 1.82) is 0 Å². The molecule has 0 aliphatic rings. The second-order valence-electron chi connectivity index (χ2n) is 20.4. The highest BCUT2D eigenvalue weighted by Gasteiger charge is 2.46. The largest absolute Gasteiger partial charge is 1.00 e. The highest BCUT2D eigenvalue weighted by molar-refractivity contribution is 8.00. The number of benzene rings is 8. The topological polar surface area (TPSA) is 216 Å². The number of quaternary nitrogens is 4. The van der Waals surface area contributed by atoms with Gasteiger partial charge in [-0.05, 0) is 95.6 Å². The zero-order chi connectivity index (χ0) is 70.5. The van der Waals surface area contributed by atoms with Crippen molar-refractivity contribution < 1.29 is 163 Å². The molecular formula is C68H68Cl4F12N4O8S4. The number of carbonyl (C=O) groups excluding carboxylic acids is 4. The average molecular weight is 1570 g/mol. The van der Waals surface area contributed by atoms with Crippen LogP contribution in [0.15, 0.2) is 243 Å². The average Bonchev–Trinajstić information content (AvgIpc) is 0.826. The third kappa shape index (κ3) is 30.0. The van der Waals surface area contributed by atoms with Crippen molar-refractivity contribution in [2.24, 2.45) is 0 Å². The molecule has 8 aromatic carbocycles. The first-order chi connectivity index (χ1) is 45.4. The smallest absolute Gasteiger partial charge is 0.442 e. The molecule has 0 saturated carbocycles. The minimum Gasteiger partial charge on any atom is -1.00 e. The van der Waals surface area contributed by atoms with Crippen molar-refractivity contribution in [3.63, 3.8) is 0 Å². The molecule has 12 nitrogen and oxygen atoms in total. The number of hydrogen-bond donors (Lipinski definition) is 4. The lowest BCUT2D eigenvalue weighted by Gasteiger charge is -2.31. The van der Waals surface area contributed by atoms with Crippen LogP contribution in [0.2, 0.25) is 0 Å². The van der Waals surface area contributed by atoms with Gasteiger partial charge in [-0.25, -0.2) is 19.2 Å². The Morgan fingerprint density at radius 1 is 0.250 bits per heavy atom. The van der Waals surface area contributed by atoms with Crippen LogP contribution in [0, 0.1) is 0 Å². The Morgan fingerprint density at radius 2 is 0.380 bits per heavy atom. The van der Waals surface area contributed by atoms with Gasteiger partial charge in [0.05, 0.1) is 45.3 Å². The Bertz CT molecular complexity index is 3160. The standard InChI is InChI=1S/4C17H16F3NO2S.4ClH/c4*18-17(19,20)24-12-16(11-21,14-9-5-2-6-10-14)23-15(22)13-7-3-1-4-8-13;;;;/h4*1-10H,11-12,21H2;4*1H/t4*16-;;;;/m1111..../s1. The lowest BCUT2D eigenvalue weighted by atomic mass is 9.95. The Morgan fingerprint density at radius 3 is 0.500 bits per heavy atom. The molecule has 8 rings (SSSR count). The van der Waals surface area contributed by atoms with Crippen molar-refractivity contribution in [2.75, 3.05) is 49.2 Å². The van der Waals surface area contributed by atoms with Crippen LogP contribution in [0.4, 0.5) is 52.7 Å². The zero-order valence-corrected chi connectivity index (χ0v) is 58.8.